The van der Waals surface area contributed by atoms with Crippen LogP contribution in [-0.4, -0.2) is 59.7 Å². The molecule has 0 aliphatic carbocycles. The third-order valence-corrected chi connectivity index (χ3v) is 6.64. The second-order valence-corrected chi connectivity index (χ2v) is 9.16. The third-order valence-electron chi connectivity index (χ3n) is 4.75. The molecular weight excluding hydrogens is 460 g/mol. The summed E-state index contributed by atoms with van der Waals surface area (Å²) in [6, 6.07) is 5.19. The first-order valence-corrected chi connectivity index (χ1v) is 11.3. The van der Waals surface area contributed by atoms with Crippen LogP contribution in [0.3, 0.4) is 0 Å². The Hall–Kier alpha value is -2.96. The first-order valence-electron chi connectivity index (χ1n) is 9.38. The fourth-order valence-corrected chi connectivity index (χ4v) is 4.34. The van der Waals surface area contributed by atoms with Crippen molar-refractivity contribution in [3.05, 3.63) is 47.3 Å². The zero-order valence-electron chi connectivity index (χ0n) is 18.1. The number of nitrogens with zero attached hydrogens (tertiary/aromatic N) is 5. The van der Waals surface area contributed by atoms with E-state index in [0.717, 1.165) is 0 Å². The predicted molar refractivity (Wildman–Crippen MR) is 118 cm³/mol. The molecule has 11 nitrogen and oxygen atoms in total. The number of ether oxygens (including phenoxy) is 3. The molecule has 0 bridgehead atoms. The number of nitrogens with one attached hydrogen (secondary N) is 1. The van der Waals surface area contributed by atoms with E-state index in [1.54, 1.807) is 25.1 Å². The van der Waals surface area contributed by atoms with Crippen molar-refractivity contribution >= 4 is 27.6 Å². The average molecular weight is 483 g/mol. The lowest BCUT2D eigenvalue weighted by Crippen LogP contribution is -2.33. The number of halogens is 1. The molecule has 0 saturated carbocycles. The van der Waals surface area contributed by atoms with Gasteiger partial charge in [-0.05, 0) is 26.0 Å². The Morgan fingerprint density at radius 3 is 2.19 bits per heavy atom. The topological polar surface area (TPSA) is 130 Å². The maximum Gasteiger partial charge on any atom is 0.243 e. The smallest absolute Gasteiger partial charge is 0.243 e. The van der Waals surface area contributed by atoms with Gasteiger partial charge in [0.25, 0.3) is 0 Å². The molecule has 2 aromatic heterocycles. The van der Waals surface area contributed by atoms with E-state index in [4.69, 9.17) is 25.8 Å². The van der Waals surface area contributed by atoms with Gasteiger partial charge >= 0.3 is 0 Å². The van der Waals surface area contributed by atoms with Gasteiger partial charge in [0.2, 0.25) is 16.0 Å². The molecule has 172 valence electrons. The highest BCUT2D eigenvalue weighted by Gasteiger charge is 2.34. The van der Waals surface area contributed by atoms with Crippen molar-refractivity contribution in [3.8, 4) is 17.2 Å². The predicted octanol–water partition coefficient (Wildman–Crippen LogP) is 2.55. The highest BCUT2D eigenvalue weighted by atomic mass is 35.5. The molecule has 0 radical (unpaired) electrons. The van der Waals surface area contributed by atoms with Crippen molar-refractivity contribution < 1.29 is 22.6 Å². The fourth-order valence-electron chi connectivity index (χ4n) is 3.11. The number of aromatic nitrogens is 5. The number of aryl methyl sites for hydroxylation is 1. The highest BCUT2D eigenvalue weighted by molar-refractivity contribution is 7.93. The Labute approximate surface area is 190 Å². The van der Waals surface area contributed by atoms with E-state index in [9.17, 15) is 8.42 Å². The number of anilines is 1. The lowest BCUT2D eigenvalue weighted by Gasteiger charge is -2.22. The van der Waals surface area contributed by atoms with Gasteiger partial charge in [-0.15, -0.1) is 10.2 Å². The monoisotopic (exact) mass is 482 g/mol. The van der Waals surface area contributed by atoms with Gasteiger partial charge in [-0.2, -0.15) is 0 Å². The average Bonchev–Trinajstić information content (AvgIpc) is 3.13. The number of sulfonamides is 1. The summed E-state index contributed by atoms with van der Waals surface area (Å²) in [7, 11) is 0.342. The Kier molecular flexibility index (Phi) is 7.16. The van der Waals surface area contributed by atoms with Gasteiger partial charge in [-0.3, -0.25) is 9.29 Å². The summed E-state index contributed by atoms with van der Waals surface area (Å²) < 4.78 is 46.7. The molecule has 2 heterocycles. The van der Waals surface area contributed by atoms with E-state index in [0.29, 0.717) is 28.0 Å². The maximum atomic E-state index is 13.2. The summed E-state index contributed by atoms with van der Waals surface area (Å²) in [5.74, 6) is 1.46. The molecule has 1 N–H and O–H groups in total. The van der Waals surface area contributed by atoms with Crippen LogP contribution >= 0.6 is 11.6 Å². The first kappa shape index (κ1) is 23.7. The van der Waals surface area contributed by atoms with E-state index >= 15 is 0 Å². The Bertz CT molecular complexity index is 1160. The van der Waals surface area contributed by atoms with E-state index in [2.05, 4.69) is 24.9 Å². The third kappa shape index (κ3) is 4.61. The van der Waals surface area contributed by atoms with Gasteiger partial charge in [0.1, 0.15) is 34.4 Å². The minimum atomic E-state index is -4.03. The molecule has 3 aromatic rings. The molecule has 0 amide bonds. The molecule has 0 saturated heterocycles. The molecule has 0 spiro atoms. The summed E-state index contributed by atoms with van der Waals surface area (Å²) in [5.41, 5.74) is 0.453. The van der Waals surface area contributed by atoms with Gasteiger partial charge in [0.15, 0.2) is 5.82 Å². The molecular formula is C19H23ClN6O5S. The van der Waals surface area contributed by atoms with Crippen LogP contribution in [0.2, 0.25) is 5.02 Å². The Morgan fingerprint density at radius 1 is 1.06 bits per heavy atom. The van der Waals surface area contributed by atoms with Crippen molar-refractivity contribution in [2.45, 2.75) is 25.2 Å². The van der Waals surface area contributed by atoms with Gasteiger partial charge < -0.3 is 14.2 Å². The SMILES string of the molecule is COc1cccc(OC)c1-n1c(C)nnc1NS(=O)(=O)[C@@H](C)[C@H](OC)c1ncc(Cl)cn1. The van der Waals surface area contributed by atoms with Crippen LogP contribution < -0.4 is 14.2 Å². The summed E-state index contributed by atoms with van der Waals surface area (Å²) in [5, 5.41) is 7.27. The Morgan fingerprint density at radius 2 is 1.66 bits per heavy atom. The largest absolute Gasteiger partial charge is 0.494 e. The molecule has 0 fully saturated rings. The lowest BCUT2D eigenvalue weighted by atomic mass is 10.2. The molecule has 3 rings (SSSR count). The fraction of sp³-hybridized carbons (Fsp3) is 0.368. The van der Waals surface area contributed by atoms with Crippen LogP contribution in [-0.2, 0) is 14.8 Å². The standard InChI is InChI=1S/C19H23ClN6O5S/c1-11(17(31-5)18-21-9-13(20)10-22-18)32(27,28)25-19-24-23-12(2)26(19)16-14(29-3)7-6-8-15(16)30-4/h6-11,17H,1-5H3,(H,24,25)/t11-,17-/m0/s1. The minimum Gasteiger partial charge on any atom is -0.494 e. The van der Waals surface area contributed by atoms with Crippen LogP contribution in [0, 0.1) is 6.92 Å². The van der Waals surface area contributed by atoms with Crippen LogP contribution in [0.15, 0.2) is 30.6 Å². The van der Waals surface area contributed by atoms with E-state index in [1.165, 1.54) is 45.2 Å². The zero-order valence-corrected chi connectivity index (χ0v) is 19.7. The van der Waals surface area contributed by atoms with Gasteiger partial charge in [0.05, 0.1) is 19.2 Å². The number of hydrogen-bond donors (Lipinski definition) is 1. The van der Waals surface area contributed by atoms with Gasteiger partial charge in [-0.1, -0.05) is 17.7 Å². The van der Waals surface area contributed by atoms with Gasteiger partial charge in [0, 0.05) is 19.5 Å². The van der Waals surface area contributed by atoms with Crippen LogP contribution in [0.25, 0.3) is 5.69 Å². The van der Waals surface area contributed by atoms with E-state index < -0.39 is 21.4 Å². The number of hydrogen-bond acceptors (Lipinski definition) is 9. The summed E-state index contributed by atoms with van der Waals surface area (Å²) in [6.07, 6.45) is 1.79. The van der Waals surface area contributed by atoms with E-state index in [1.807, 2.05) is 0 Å². The molecule has 0 unspecified atom stereocenters. The normalized spacial score (nSPS) is 13.4. The molecule has 0 aliphatic rings. The van der Waals surface area contributed by atoms with Crippen molar-refractivity contribution in [2.75, 3.05) is 26.1 Å². The highest BCUT2D eigenvalue weighted by Crippen LogP contribution is 2.35. The summed E-state index contributed by atoms with van der Waals surface area (Å²) in [4.78, 5) is 8.16. The second-order valence-electron chi connectivity index (χ2n) is 6.69. The van der Waals surface area contributed by atoms with Crippen molar-refractivity contribution in [1.29, 1.82) is 0 Å². The van der Waals surface area contributed by atoms with Crippen molar-refractivity contribution in [2.24, 2.45) is 0 Å². The summed E-state index contributed by atoms with van der Waals surface area (Å²) >= 11 is 5.83. The number of rotatable bonds is 9. The van der Waals surface area contributed by atoms with Crippen LogP contribution in [0.1, 0.15) is 24.7 Å². The molecule has 0 aliphatic heterocycles. The molecule has 2 atom stereocenters. The first-order chi connectivity index (χ1) is 15.2. The minimum absolute atomic E-state index is 0.0379. The molecule has 13 heteroatoms. The number of para-hydroxylation sites is 1. The van der Waals surface area contributed by atoms with Crippen molar-refractivity contribution in [1.82, 2.24) is 24.7 Å². The number of benzene rings is 1. The maximum absolute atomic E-state index is 13.2. The van der Waals surface area contributed by atoms with Crippen LogP contribution in [0.5, 0.6) is 11.5 Å². The molecule has 1 aromatic carbocycles. The zero-order chi connectivity index (χ0) is 23.5. The summed E-state index contributed by atoms with van der Waals surface area (Å²) in [6.45, 7) is 3.16. The second kappa shape index (κ2) is 9.67. The lowest BCUT2D eigenvalue weighted by molar-refractivity contribution is 0.0950. The number of methoxy groups -OCH3 is 3. The van der Waals surface area contributed by atoms with Crippen LogP contribution in [0.4, 0.5) is 5.95 Å². The Balaban J connectivity index is 2.01. The van der Waals surface area contributed by atoms with Crippen molar-refractivity contribution in [3.63, 3.8) is 0 Å². The molecule has 32 heavy (non-hydrogen) atoms. The van der Waals surface area contributed by atoms with Gasteiger partial charge in [-0.25, -0.2) is 18.4 Å². The quantitative estimate of drug-likeness (QED) is 0.488. The van der Waals surface area contributed by atoms with E-state index in [-0.39, 0.29) is 11.8 Å².